The number of anilines is 2. The van der Waals surface area contributed by atoms with E-state index in [0.29, 0.717) is 13.1 Å². The zero-order valence-corrected chi connectivity index (χ0v) is 17.2. The van der Waals surface area contributed by atoms with Crippen LogP contribution < -0.4 is 5.32 Å². The molecule has 3 heterocycles. The Morgan fingerprint density at radius 1 is 1.38 bits per heavy atom. The normalized spacial score (nSPS) is 14.0. The SMILES string of the molecule is CN(C)C/C=C/C(=O)N1CCc2c(sc3ncnc(Nc4cccc(O)c4)c23)C1. The van der Waals surface area contributed by atoms with Crippen LogP contribution in [0.15, 0.2) is 42.7 Å². The third-order valence-corrected chi connectivity index (χ3v) is 5.91. The fraction of sp³-hybridized carbons (Fsp3) is 0.286. The number of carbonyl (C=O) groups is 1. The van der Waals surface area contributed by atoms with Crippen molar-refractivity contribution in [2.45, 2.75) is 13.0 Å². The summed E-state index contributed by atoms with van der Waals surface area (Å²) in [5, 5.41) is 14.0. The lowest BCUT2D eigenvalue weighted by Crippen LogP contribution is -2.34. The summed E-state index contributed by atoms with van der Waals surface area (Å²) in [6.45, 7) is 2.00. The zero-order valence-electron chi connectivity index (χ0n) is 16.4. The molecule has 29 heavy (non-hydrogen) atoms. The number of nitrogens with one attached hydrogen (secondary N) is 1. The van der Waals surface area contributed by atoms with Gasteiger partial charge in [-0.15, -0.1) is 11.3 Å². The molecule has 0 saturated heterocycles. The summed E-state index contributed by atoms with van der Waals surface area (Å²) in [6.07, 6.45) is 5.87. The number of aromatic nitrogens is 2. The number of fused-ring (bicyclic) bond motifs is 3. The van der Waals surface area contributed by atoms with E-state index >= 15 is 0 Å². The van der Waals surface area contributed by atoms with Crippen LogP contribution in [0.2, 0.25) is 0 Å². The maximum atomic E-state index is 12.5. The molecule has 4 rings (SSSR count). The first-order chi connectivity index (χ1) is 14.0. The summed E-state index contributed by atoms with van der Waals surface area (Å²) in [5.74, 6) is 0.965. The third-order valence-electron chi connectivity index (χ3n) is 4.79. The summed E-state index contributed by atoms with van der Waals surface area (Å²) in [6, 6.07) is 6.96. The second kappa shape index (κ2) is 8.18. The van der Waals surface area contributed by atoms with Gasteiger partial charge in [0, 0.05) is 35.8 Å². The van der Waals surface area contributed by atoms with Gasteiger partial charge in [-0.05, 0) is 38.2 Å². The van der Waals surface area contributed by atoms with Gasteiger partial charge < -0.3 is 20.2 Å². The quantitative estimate of drug-likeness (QED) is 0.630. The minimum atomic E-state index is 0.0409. The molecule has 7 nitrogen and oxygen atoms in total. The molecule has 0 aliphatic carbocycles. The van der Waals surface area contributed by atoms with Crippen molar-refractivity contribution in [1.82, 2.24) is 19.8 Å². The van der Waals surface area contributed by atoms with Crippen molar-refractivity contribution in [3.05, 3.63) is 53.2 Å². The maximum absolute atomic E-state index is 12.5. The molecule has 1 amide bonds. The van der Waals surface area contributed by atoms with Gasteiger partial charge in [0.1, 0.15) is 22.7 Å². The van der Waals surface area contributed by atoms with Crippen LogP contribution in [-0.2, 0) is 17.8 Å². The van der Waals surface area contributed by atoms with Gasteiger partial charge in [-0.3, -0.25) is 4.79 Å². The van der Waals surface area contributed by atoms with Gasteiger partial charge in [0.05, 0.1) is 11.9 Å². The number of aromatic hydroxyl groups is 1. The van der Waals surface area contributed by atoms with Gasteiger partial charge in [-0.25, -0.2) is 9.97 Å². The van der Waals surface area contributed by atoms with E-state index in [2.05, 4.69) is 15.3 Å². The molecule has 0 bridgehead atoms. The number of hydrogen-bond donors (Lipinski definition) is 2. The lowest BCUT2D eigenvalue weighted by Gasteiger charge is -2.26. The van der Waals surface area contributed by atoms with Crippen LogP contribution in [-0.4, -0.2) is 58.0 Å². The zero-order chi connectivity index (χ0) is 20.4. The van der Waals surface area contributed by atoms with Gasteiger partial charge in [-0.1, -0.05) is 12.1 Å². The predicted molar refractivity (Wildman–Crippen MR) is 116 cm³/mol. The number of benzene rings is 1. The van der Waals surface area contributed by atoms with Crippen molar-refractivity contribution in [2.24, 2.45) is 0 Å². The Bertz CT molecular complexity index is 1080. The molecule has 0 radical (unpaired) electrons. The van der Waals surface area contributed by atoms with E-state index in [9.17, 15) is 9.90 Å². The Morgan fingerprint density at radius 2 is 2.24 bits per heavy atom. The van der Waals surface area contributed by atoms with Crippen LogP contribution in [0.1, 0.15) is 10.4 Å². The third kappa shape index (κ3) is 4.23. The van der Waals surface area contributed by atoms with Crippen LogP contribution in [0.5, 0.6) is 5.75 Å². The van der Waals surface area contributed by atoms with Crippen molar-refractivity contribution in [1.29, 1.82) is 0 Å². The number of carbonyl (C=O) groups excluding carboxylic acids is 1. The Morgan fingerprint density at radius 3 is 3.03 bits per heavy atom. The topological polar surface area (TPSA) is 81.6 Å². The lowest BCUT2D eigenvalue weighted by atomic mass is 10.0. The highest BCUT2D eigenvalue weighted by molar-refractivity contribution is 7.19. The Labute approximate surface area is 173 Å². The predicted octanol–water partition coefficient (Wildman–Crippen LogP) is 3.14. The average molecular weight is 410 g/mol. The molecule has 0 unspecified atom stereocenters. The van der Waals surface area contributed by atoms with Gasteiger partial charge in [0.2, 0.25) is 5.91 Å². The Hall–Kier alpha value is -2.97. The first kappa shape index (κ1) is 19.4. The number of likely N-dealkylation sites (N-methyl/N-ethyl adjacent to an activating group) is 1. The van der Waals surface area contributed by atoms with E-state index in [1.54, 1.807) is 41.9 Å². The summed E-state index contributed by atoms with van der Waals surface area (Å²) in [7, 11) is 3.95. The number of amides is 1. The molecular formula is C21H23N5O2S. The molecule has 2 N–H and O–H groups in total. The Balaban J connectivity index is 1.59. The molecule has 0 fully saturated rings. The van der Waals surface area contributed by atoms with Gasteiger partial charge >= 0.3 is 0 Å². The highest BCUT2D eigenvalue weighted by Gasteiger charge is 2.25. The minimum Gasteiger partial charge on any atom is -0.508 e. The van der Waals surface area contributed by atoms with Crippen LogP contribution in [0.4, 0.5) is 11.5 Å². The van der Waals surface area contributed by atoms with Gasteiger partial charge in [0.15, 0.2) is 0 Å². The number of nitrogens with zero attached hydrogens (tertiary/aromatic N) is 4. The number of hydrogen-bond acceptors (Lipinski definition) is 7. The van der Waals surface area contributed by atoms with Crippen LogP contribution in [0.25, 0.3) is 10.2 Å². The number of thiophene rings is 1. The van der Waals surface area contributed by atoms with Crippen LogP contribution >= 0.6 is 11.3 Å². The Kier molecular flexibility index (Phi) is 5.46. The molecule has 0 spiro atoms. The number of phenolic OH excluding ortho intramolecular Hbond substituents is 1. The molecule has 8 heteroatoms. The molecule has 0 saturated carbocycles. The van der Waals surface area contributed by atoms with Gasteiger partial charge in [0.25, 0.3) is 0 Å². The number of phenols is 1. The maximum Gasteiger partial charge on any atom is 0.246 e. The van der Waals surface area contributed by atoms with E-state index in [-0.39, 0.29) is 11.7 Å². The minimum absolute atomic E-state index is 0.0409. The molecule has 2 aromatic heterocycles. The largest absolute Gasteiger partial charge is 0.508 e. The highest BCUT2D eigenvalue weighted by Crippen LogP contribution is 2.38. The average Bonchev–Trinajstić information content (AvgIpc) is 3.06. The van der Waals surface area contributed by atoms with Crippen molar-refractivity contribution < 1.29 is 9.90 Å². The summed E-state index contributed by atoms with van der Waals surface area (Å²) < 4.78 is 0. The van der Waals surface area contributed by atoms with Crippen LogP contribution in [0, 0.1) is 0 Å². The van der Waals surface area contributed by atoms with Crippen molar-refractivity contribution in [2.75, 3.05) is 32.5 Å². The molecule has 150 valence electrons. The van der Waals surface area contributed by atoms with Gasteiger partial charge in [-0.2, -0.15) is 0 Å². The molecule has 1 aliphatic heterocycles. The van der Waals surface area contributed by atoms with Crippen LogP contribution in [0.3, 0.4) is 0 Å². The molecular weight excluding hydrogens is 386 g/mol. The summed E-state index contributed by atoms with van der Waals surface area (Å²) in [4.78, 5) is 27.3. The molecule has 1 aliphatic rings. The second-order valence-electron chi connectivity index (χ2n) is 7.26. The highest BCUT2D eigenvalue weighted by atomic mass is 32.1. The number of rotatable bonds is 5. The molecule has 0 atom stereocenters. The fourth-order valence-electron chi connectivity index (χ4n) is 3.40. The summed E-state index contributed by atoms with van der Waals surface area (Å²) >= 11 is 1.61. The van der Waals surface area contributed by atoms with Crippen molar-refractivity contribution in [3.63, 3.8) is 0 Å². The van der Waals surface area contributed by atoms with E-state index in [4.69, 9.17) is 0 Å². The second-order valence-corrected chi connectivity index (χ2v) is 8.34. The summed E-state index contributed by atoms with van der Waals surface area (Å²) in [5.41, 5.74) is 1.97. The van der Waals surface area contributed by atoms with E-state index in [1.165, 1.54) is 5.56 Å². The van der Waals surface area contributed by atoms with Crippen molar-refractivity contribution >= 4 is 39.0 Å². The standard InChI is InChI=1S/C21H23N5O2S/c1-25(2)9-4-7-18(28)26-10-8-16-17(12-26)29-21-19(16)20(22-13-23-21)24-14-5-3-6-15(27)11-14/h3-7,11,13,27H,8-10,12H2,1-2H3,(H,22,23,24)/b7-4+. The monoisotopic (exact) mass is 409 g/mol. The lowest BCUT2D eigenvalue weighted by molar-refractivity contribution is -0.126. The van der Waals surface area contributed by atoms with E-state index in [0.717, 1.165) is 39.6 Å². The van der Waals surface area contributed by atoms with Crippen molar-refractivity contribution in [3.8, 4) is 5.75 Å². The van der Waals surface area contributed by atoms with E-state index in [1.807, 2.05) is 36.0 Å². The molecule has 3 aromatic rings. The first-order valence-electron chi connectivity index (χ1n) is 9.43. The smallest absolute Gasteiger partial charge is 0.246 e. The fourth-order valence-corrected chi connectivity index (χ4v) is 4.60. The molecule has 1 aromatic carbocycles. The first-order valence-corrected chi connectivity index (χ1v) is 10.2. The van der Waals surface area contributed by atoms with E-state index < -0.39 is 0 Å².